The van der Waals surface area contributed by atoms with Crippen molar-refractivity contribution in [2.75, 3.05) is 18.2 Å². The van der Waals surface area contributed by atoms with Gasteiger partial charge in [-0.1, -0.05) is 29.4 Å². The fraction of sp³-hybridized carbons (Fsp3) is 0.273. The number of ether oxygens (including phenoxy) is 1. The molecule has 4 rings (SSSR count). The number of hydrogen-bond donors (Lipinski definition) is 1. The van der Waals surface area contributed by atoms with E-state index in [9.17, 15) is 9.59 Å². The molecular formula is C22H21ClN4O3S2. The van der Waals surface area contributed by atoms with Gasteiger partial charge in [0.2, 0.25) is 5.91 Å². The van der Waals surface area contributed by atoms with Crippen molar-refractivity contribution in [1.29, 1.82) is 0 Å². The van der Waals surface area contributed by atoms with E-state index in [1.807, 2.05) is 16.7 Å². The first-order valence-corrected chi connectivity index (χ1v) is 12.1. The number of aromatic nitrogens is 3. The lowest BCUT2D eigenvalue weighted by molar-refractivity contribution is -0.113. The van der Waals surface area contributed by atoms with Crippen LogP contribution in [0, 0.1) is 0 Å². The van der Waals surface area contributed by atoms with Crippen LogP contribution in [0.3, 0.4) is 0 Å². The number of carbonyl (C=O) groups excluding carboxylic acids is 2. The highest BCUT2D eigenvalue weighted by molar-refractivity contribution is 7.99. The van der Waals surface area contributed by atoms with Gasteiger partial charge in [0, 0.05) is 22.0 Å². The number of fused-ring (bicyclic) bond motifs is 1. The largest absolute Gasteiger partial charge is 0.465 e. The smallest absolute Gasteiger partial charge is 0.341 e. The van der Waals surface area contributed by atoms with Gasteiger partial charge in [-0.25, -0.2) is 4.79 Å². The molecule has 2 aromatic heterocycles. The molecule has 2 heterocycles. The molecule has 0 atom stereocenters. The molecule has 0 spiro atoms. The molecule has 0 fully saturated rings. The quantitative estimate of drug-likeness (QED) is 0.277. The molecule has 1 amide bonds. The molecule has 166 valence electrons. The number of rotatable bonds is 8. The fourth-order valence-corrected chi connectivity index (χ4v) is 5.77. The number of benzene rings is 1. The number of hydrogen-bond acceptors (Lipinski definition) is 7. The maximum Gasteiger partial charge on any atom is 0.341 e. The van der Waals surface area contributed by atoms with E-state index in [-0.39, 0.29) is 11.7 Å². The summed E-state index contributed by atoms with van der Waals surface area (Å²) in [6, 6.07) is 7.33. The third kappa shape index (κ3) is 4.60. The van der Waals surface area contributed by atoms with E-state index in [1.54, 1.807) is 18.2 Å². The second-order valence-electron chi connectivity index (χ2n) is 7.10. The number of anilines is 1. The van der Waals surface area contributed by atoms with Gasteiger partial charge in [0.1, 0.15) is 5.00 Å². The van der Waals surface area contributed by atoms with Crippen LogP contribution >= 0.6 is 34.7 Å². The molecule has 0 saturated carbocycles. The van der Waals surface area contributed by atoms with E-state index in [0.717, 1.165) is 35.3 Å². The van der Waals surface area contributed by atoms with Gasteiger partial charge in [-0.15, -0.1) is 28.1 Å². The maximum atomic E-state index is 12.7. The van der Waals surface area contributed by atoms with Crippen LogP contribution < -0.4 is 5.32 Å². The molecule has 3 aromatic rings. The Balaban J connectivity index is 1.49. The minimum absolute atomic E-state index is 0.124. The zero-order valence-corrected chi connectivity index (χ0v) is 19.8. The van der Waals surface area contributed by atoms with Gasteiger partial charge in [0.25, 0.3) is 0 Å². The summed E-state index contributed by atoms with van der Waals surface area (Å²) in [6.45, 7) is 4.31. The lowest BCUT2D eigenvalue weighted by Crippen LogP contribution is -2.16. The van der Waals surface area contributed by atoms with Crippen LogP contribution in [0.5, 0.6) is 0 Å². The number of methoxy groups -OCH3 is 1. The summed E-state index contributed by atoms with van der Waals surface area (Å²) in [5, 5.41) is 13.2. The number of amides is 1. The molecule has 0 unspecified atom stereocenters. The van der Waals surface area contributed by atoms with E-state index in [1.165, 1.54) is 30.2 Å². The van der Waals surface area contributed by atoms with E-state index in [0.29, 0.717) is 33.1 Å². The molecule has 1 aliphatic rings. The summed E-state index contributed by atoms with van der Waals surface area (Å²) in [6.07, 6.45) is 4.53. The molecule has 32 heavy (non-hydrogen) atoms. The van der Waals surface area contributed by atoms with Crippen molar-refractivity contribution in [1.82, 2.24) is 14.8 Å². The first kappa shape index (κ1) is 22.6. The fourth-order valence-electron chi connectivity index (χ4n) is 3.60. The van der Waals surface area contributed by atoms with Crippen LogP contribution in [0.4, 0.5) is 5.00 Å². The van der Waals surface area contributed by atoms with E-state index in [4.69, 9.17) is 16.3 Å². The highest BCUT2D eigenvalue weighted by Gasteiger charge is 2.28. The summed E-state index contributed by atoms with van der Waals surface area (Å²) in [5.74, 6) is 0.165. The zero-order valence-electron chi connectivity index (χ0n) is 17.4. The lowest BCUT2D eigenvalue weighted by atomic mass is 10.1. The summed E-state index contributed by atoms with van der Waals surface area (Å²) in [4.78, 5) is 26.1. The average molecular weight is 489 g/mol. The van der Waals surface area contributed by atoms with Gasteiger partial charge < -0.3 is 10.1 Å². The Morgan fingerprint density at radius 3 is 2.81 bits per heavy atom. The summed E-state index contributed by atoms with van der Waals surface area (Å²) < 4.78 is 6.83. The molecule has 1 N–H and O–H groups in total. The predicted molar refractivity (Wildman–Crippen MR) is 128 cm³/mol. The van der Waals surface area contributed by atoms with Gasteiger partial charge >= 0.3 is 5.97 Å². The standard InChI is InChI=1S/C22H21ClN4O3S2/c1-3-11-27-19(13-7-9-14(23)10-8-13)25-26-22(27)31-12-17(28)24-20-18(21(29)30-2)15-5-4-6-16(15)32-20/h3,7-10H,1,4-6,11-12H2,2H3,(H,24,28). The molecule has 0 bridgehead atoms. The number of nitrogens with zero attached hydrogens (tertiary/aromatic N) is 3. The van der Waals surface area contributed by atoms with Crippen molar-refractivity contribution < 1.29 is 14.3 Å². The number of nitrogens with one attached hydrogen (secondary N) is 1. The van der Waals surface area contributed by atoms with Crippen molar-refractivity contribution in [3.8, 4) is 11.4 Å². The van der Waals surface area contributed by atoms with Gasteiger partial charge in [0.05, 0.1) is 18.4 Å². The Hall–Kier alpha value is -2.62. The van der Waals surface area contributed by atoms with Crippen LogP contribution in [-0.2, 0) is 28.9 Å². The lowest BCUT2D eigenvalue weighted by Gasteiger charge is -2.09. The topological polar surface area (TPSA) is 86.1 Å². The van der Waals surface area contributed by atoms with Crippen LogP contribution in [0.15, 0.2) is 42.1 Å². The first-order chi connectivity index (χ1) is 15.5. The molecular weight excluding hydrogens is 468 g/mol. The first-order valence-electron chi connectivity index (χ1n) is 9.97. The second kappa shape index (κ2) is 9.89. The second-order valence-corrected chi connectivity index (χ2v) is 9.59. The minimum Gasteiger partial charge on any atom is -0.465 e. The molecule has 10 heteroatoms. The normalized spacial score (nSPS) is 12.4. The Morgan fingerprint density at radius 2 is 2.09 bits per heavy atom. The summed E-state index contributed by atoms with van der Waals surface area (Å²) in [5.41, 5.74) is 2.36. The van der Waals surface area contributed by atoms with Gasteiger partial charge in [-0.05, 0) is 49.1 Å². The van der Waals surface area contributed by atoms with E-state index >= 15 is 0 Å². The molecule has 1 aliphatic carbocycles. The number of esters is 1. The SMILES string of the molecule is C=CCn1c(SCC(=O)Nc2sc3c(c2C(=O)OC)CCC3)nnc1-c1ccc(Cl)cc1. The van der Waals surface area contributed by atoms with Crippen molar-refractivity contribution in [3.05, 3.63) is 57.9 Å². The number of aryl methyl sites for hydroxylation is 1. The third-order valence-corrected chi connectivity index (χ3v) is 7.45. The molecule has 0 aliphatic heterocycles. The number of thioether (sulfide) groups is 1. The summed E-state index contributed by atoms with van der Waals surface area (Å²) >= 11 is 8.72. The van der Waals surface area contributed by atoms with Crippen molar-refractivity contribution >= 4 is 51.6 Å². The molecule has 0 saturated heterocycles. The number of carbonyl (C=O) groups is 2. The van der Waals surface area contributed by atoms with Crippen LogP contribution in [-0.4, -0.2) is 39.5 Å². The number of halogens is 1. The Kier molecular flexibility index (Phi) is 6.98. The number of allylic oxidation sites excluding steroid dienone is 1. The molecule has 0 radical (unpaired) electrons. The Morgan fingerprint density at radius 1 is 1.31 bits per heavy atom. The van der Waals surface area contributed by atoms with Crippen LogP contribution in [0.25, 0.3) is 11.4 Å². The van der Waals surface area contributed by atoms with Crippen molar-refractivity contribution in [3.63, 3.8) is 0 Å². The molecule has 7 nitrogen and oxygen atoms in total. The zero-order chi connectivity index (χ0) is 22.7. The Labute approximate surface area is 198 Å². The van der Waals surface area contributed by atoms with Gasteiger partial charge in [0.15, 0.2) is 11.0 Å². The van der Waals surface area contributed by atoms with Crippen molar-refractivity contribution in [2.24, 2.45) is 0 Å². The van der Waals surface area contributed by atoms with Gasteiger partial charge in [-0.3, -0.25) is 9.36 Å². The minimum atomic E-state index is -0.411. The predicted octanol–water partition coefficient (Wildman–Crippen LogP) is 4.85. The van der Waals surface area contributed by atoms with Crippen molar-refractivity contribution in [2.45, 2.75) is 31.0 Å². The number of thiophene rings is 1. The van der Waals surface area contributed by atoms with Gasteiger partial charge in [-0.2, -0.15) is 0 Å². The highest BCUT2D eigenvalue weighted by atomic mass is 35.5. The van der Waals surface area contributed by atoms with E-state index in [2.05, 4.69) is 22.1 Å². The van der Waals surface area contributed by atoms with Crippen LogP contribution in [0.1, 0.15) is 27.2 Å². The Bertz CT molecular complexity index is 1170. The van der Waals surface area contributed by atoms with E-state index < -0.39 is 5.97 Å². The third-order valence-electron chi connectivity index (χ3n) is 5.03. The van der Waals surface area contributed by atoms with Crippen LogP contribution in [0.2, 0.25) is 5.02 Å². The molecule has 1 aromatic carbocycles. The highest BCUT2D eigenvalue weighted by Crippen LogP contribution is 2.39. The average Bonchev–Trinajstić information content (AvgIpc) is 3.47. The monoisotopic (exact) mass is 488 g/mol. The maximum absolute atomic E-state index is 12.7. The summed E-state index contributed by atoms with van der Waals surface area (Å²) in [7, 11) is 1.35.